The Labute approximate surface area is 231 Å². The average molecular weight is 550 g/mol. The highest BCUT2D eigenvalue weighted by molar-refractivity contribution is 6.31. The van der Waals surface area contributed by atoms with Gasteiger partial charge in [-0.25, -0.2) is 4.79 Å². The number of benzene rings is 3. The van der Waals surface area contributed by atoms with Gasteiger partial charge in [-0.05, 0) is 56.7 Å². The van der Waals surface area contributed by atoms with Crippen LogP contribution in [0.1, 0.15) is 64.2 Å². The predicted octanol–water partition coefficient (Wildman–Crippen LogP) is 5.69. The second-order valence-electron chi connectivity index (χ2n) is 8.76. The van der Waals surface area contributed by atoms with Crippen LogP contribution in [0, 0.1) is 0 Å². The first-order valence-electron chi connectivity index (χ1n) is 12.3. The van der Waals surface area contributed by atoms with Crippen molar-refractivity contribution in [3.8, 4) is 0 Å². The Morgan fingerprint density at radius 1 is 0.718 bits per heavy atom. The molecule has 9 heteroatoms. The molecular weight excluding hydrogens is 522 g/mol. The van der Waals surface area contributed by atoms with Crippen LogP contribution < -0.4 is 5.32 Å². The van der Waals surface area contributed by atoms with Crippen molar-refractivity contribution in [3.05, 3.63) is 101 Å². The number of nitrogens with one attached hydrogen (secondary N) is 1. The van der Waals surface area contributed by atoms with Crippen molar-refractivity contribution in [2.24, 2.45) is 0 Å². The second kappa shape index (κ2) is 14.0. The minimum absolute atomic E-state index is 0.0365. The predicted molar refractivity (Wildman–Crippen MR) is 146 cm³/mol. The molecule has 0 heterocycles. The van der Waals surface area contributed by atoms with E-state index in [1.54, 1.807) is 48.5 Å². The van der Waals surface area contributed by atoms with Crippen LogP contribution in [-0.2, 0) is 19.1 Å². The Morgan fingerprint density at radius 2 is 1.33 bits per heavy atom. The van der Waals surface area contributed by atoms with Crippen LogP contribution >= 0.6 is 11.6 Å². The molecule has 1 amide bonds. The number of anilines is 1. The van der Waals surface area contributed by atoms with Crippen molar-refractivity contribution in [1.29, 1.82) is 0 Å². The van der Waals surface area contributed by atoms with Gasteiger partial charge in [0.2, 0.25) is 17.5 Å². The summed E-state index contributed by atoms with van der Waals surface area (Å²) in [6.07, 6.45) is -1.70. The number of carbonyl (C=O) groups excluding carboxylic acids is 5. The molecule has 0 saturated heterocycles. The van der Waals surface area contributed by atoms with Crippen LogP contribution in [0.4, 0.5) is 5.69 Å². The minimum atomic E-state index is -0.977. The number of hydrogen-bond donors (Lipinski definition) is 1. The Bertz CT molecular complexity index is 1340. The molecule has 0 unspecified atom stereocenters. The molecule has 3 aromatic rings. The molecular formula is C30H28ClNO7. The van der Waals surface area contributed by atoms with Gasteiger partial charge in [-0.1, -0.05) is 54.1 Å². The van der Waals surface area contributed by atoms with E-state index >= 15 is 0 Å². The molecule has 202 valence electrons. The molecule has 1 N–H and O–H groups in total. The Balaban J connectivity index is 1.40. The van der Waals surface area contributed by atoms with Gasteiger partial charge in [0.1, 0.15) is 0 Å². The molecule has 3 rings (SSSR count). The van der Waals surface area contributed by atoms with Gasteiger partial charge < -0.3 is 14.8 Å². The average Bonchev–Trinajstić information content (AvgIpc) is 2.92. The van der Waals surface area contributed by atoms with Crippen LogP contribution in [0.5, 0.6) is 0 Å². The van der Waals surface area contributed by atoms with E-state index in [1.165, 1.54) is 44.2 Å². The van der Waals surface area contributed by atoms with E-state index in [-0.39, 0.29) is 42.3 Å². The van der Waals surface area contributed by atoms with Gasteiger partial charge in [0.25, 0.3) is 0 Å². The lowest BCUT2D eigenvalue weighted by Gasteiger charge is -2.13. The number of ether oxygens (including phenoxy) is 2. The van der Waals surface area contributed by atoms with Crippen LogP contribution in [-0.4, -0.2) is 41.6 Å². The summed E-state index contributed by atoms with van der Waals surface area (Å²) in [5.74, 6) is -2.25. The van der Waals surface area contributed by atoms with Gasteiger partial charge in [-0.2, -0.15) is 0 Å². The molecule has 0 spiro atoms. The molecule has 0 bridgehead atoms. The van der Waals surface area contributed by atoms with Crippen LogP contribution in [0.15, 0.2) is 78.9 Å². The first-order valence-corrected chi connectivity index (χ1v) is 12.7. The largest absolute Gasteiger partial charge is 0.454 e. The summed E-state index contributed by atoms with van der Waals surface area (Å²) in [4.78, 5) is 61.5. The minimum Gasteiger partial charge on any atom is -0.454 e. The quantitative estimate of drug-likeness (QED) is 0.228. The number of amides is 1. The third-order valence-electron chi connectivity index (χ3n) is 5.69. The summed E-state index contributed by atoms with van der Waals surface area (Å²) in [5, 5.41) is 3.09. The monoisotopic (exact) mass is 549 g/mol. The summed E-state index contributed by atoms with van der Waals surface area (Å²) >= 11 is 5.90. The topological polar surface area (TPSA) is 116 Å². The number of esters is 2. The molecule has 2 atom stereocenters. The van der Waals surface area contributed by atoms with Crippen molar-refractivity contribution in [2.75, 3.05) is 5.32 Å². The molecule has 3 aromatic carbocycles. The first-order chi connectivity index (χ1) is 18.6. The molecule has 0 radical (unpaired) electrons. The summed E-state index contributed by atoms with van der Waals surface area (Å²) in [7, 11) is 0. The Hall–Kier alpha value is -4.30. The number of ketones is 2. The SMILES string of the molecule is C[C@H](OC(=O)CCCC(=O)Nc1ccc(C(=O)O[C@@H](C)C(=O)c2ccccc2)cc1)C(=O)c1cccc(Cl)c1. The molecule has 0 aliphatic carbocycles. The van der Waals surface area contributed by atoms with Gasteiger partial charge in [0, 0.05) is 34.7 Å². The van der Waals surface area contributed by atoms with Gasteiger partial charge >= 0.3 is 11.9 Å². The maximum atomic E-state index is 12.4. The van der Waals surface area contributed by atoms with Gasteiger partial charge in [0.05, 0.1) is 5.56 Å². The highest BCUT2D eigenvalue weighted by atomic mass is 35.5. The normalized spacial score (nSPS) is 12.1. The molecule has 0 fully saturated rings. The zero-order chi connectivity index (χ0) is 28.4. The van der Waals surface area contributed by atoms with E-state index in [2.05, 4.69) is 5.32 Å². The fourth-order valence-electron chi connectivity index (χ4n) is 3.61. The van der Waals surface area contributed by atoms with Crippen LogP contribution in [0.25, 0.3) is 0 Å². The highest BCUT2D eigenvalue weighted by Gasteiger charge is 2.21. The lowest BCUT2D eigenvalue weighted by Crippen LogP contribution is -2.24. The number of Topliss-reactive ketones (excluding diaryl/α,β-unsaturated/α-hetero) is 2. The number of rotatable bonds is 12. The first kappa shape index (κ1) is 29.3. The summed E-state index contributed by atoms with van der Waals surface area (Å²) < 4.78 is 10.5. The van der Waals surface area contributed by atoms with E-state index < -0.39 is 24.1 Å². The summed E-state index contributed by atoms with van der Waals surface area (Å²) in [5.41, 5.74) is 1.47. The van der Waals surface area contributed by atoms with E-state index in [0.29, 0.717) is 21.8 Å². The fraction of sp³-hybridized carbons (Fsp3) is 0.233. The lowest BCUT2D eigenvalue weighted by atomic mass is 10.1. The van der Waals surface area contributed by atoms with Crippen LogP contribution in [0.3, 0.4) is 0 Å². The lowest BCUT2D eigenvalue weighted by molar-refractivity contribution is -0.146. The second-order valence-corrected chi connectivity index (χ2v) is 9.20. The smallest absolute Gasteiger partial charge is 0.338 e. The summed E-state index contributed by atoms with van der Waals surface area (Å²) in [6.45, 7) is 2.99. The van der Waals surface area contributed by atoms with Gasteiger partial charge in [0.15, 0.2) is 12.2 Å². The fourth-order valence-corrected chi connectivity index (χ4v) is 3.80. The molecule has 0 aliphatic heterocycles. The maximum Gasteiger partial charge on any atom is 0.338 e. The molecule has 8 nitrogen and oxygen atoms in total. The van der Waals surface area contributed by atoms with Gasteiger partial charge in [-0.3, -0.25) is 19.2 Å². The number of hydrogen-bond acceptors (Lipinski definition) is 7. The van der Waals surface area contributed by atoms with E-state index in [1.807, 2.05) is 0 Å². The van der Waals surface area contributed by atoms with E-state index in [4.69, 9.17) is 21.1 Å². The van der Waals surface area contributed by atoms with Gasteiger partial charge in [-0.15, -0.1) is 0 Å². The molecule has 0 aromatic heterocycles. The summed E-state index contributed by atoms with van der Waals surface area (Å²) in [6, 6.07) is 20.9. The van der Waals surface area contributed by atoms with Crippen molar-refractivity contribution >= 4 is 46.7 Å². The third-order valence-corrected chi connectivity index (χ3v) is 5.92. The van der Waals surface area contributed by atoms with Crippen molar-refractivity contribution < 1.29 is 33.4 Å². The number of carbonyl (C=O) groups is 5. The zero-order valence-electron chi connectivity index (χ0n) is 21.5. The van der Waals surface area contributed by atoms with E-state index in [0.717, 1.165) is 0 Å². The Morgan fingerprint density at radius 3 is 2.00 bits per heavy atom. The van der Waals surface area contributed by atoms with Crippen molar-refractivity contribution in [2.45, 2.75) is 45.3 Å². The maximum absolute atomic E-state index is 12.4. The highest BCUT2D eigenvalue weighted by Crippen LogP contribution is 2.16. The zero-order valence-corrected chi connectivity index (χ0v) is 22.3. The standard InChI is InChI=1S/C30H28ClNO7/c1-19(29(36)23-10-6-11-24(31)18-23)38-27(34)13-7-12-26(33)32-25-16-14-22(15-17-25)30(37)39-20(2)28(35)21-8-4-3-5-9-21/h3-6,8-11,14-20H,7,12-13H2,1-2H3,(H,32,33)/t19-,20-/m0/s1. The van der Waals surface area contributed by atoms with Crippen molar-refractivity contribution in [3.63, 3.8) is 0 Å². The molecule has 0 saturated carbocycles. The third kappa shape index (κ3) is 8.90. The number of halogens is 1. The molecule has 39 heavy (non-hydrogen) atoms. The Kier molecular flexibility index (Phi) is 10.5. The molecule has 0 aliphatic rings. The van der Waals surface area contributed by atoms with Crippen molar-refractivity contribution in [1.82, 2.24) is 0 Å². The van der Waals surface area contributed by atoms with E-state index in [9.17, 15) is 24.0 Å². The van der Waals surface area contributed by atoms with Crippen LogP contribution in [0.2, 0.25) is 5.02 Å².